The number of benzene rings is 2. The predicted molar refractivity (Wildman–Crippen MR) is 114 cm³/mol. The molecule has 2 aromatic rings. The molecule has 3 rings (SSSR count). The van der Waals surface area contributed by atoms with Crippen LogP contribution in [0.15, 0.2) is 48.5 Å². The third-order valence-electron chi connectivity index (χ3n) is 5.36. The van der Waals surface area contributed by atoms with Gasteiger partial charge in [0.05, 0.1) is 27.4 Å². The summed E-state index contributed by atoms with van der Waals surface area (Å²) < 4.78 is 15.9. The fourth-order valence-electron chi connectivity index (χ4n) is 3.76. The van der Waals surface area contributed by atoms with Crippen LogP contribution in [0.3, 0.4) is 0 Å². The number of carbonyl (C=O) groups excluding carboxylic acids is 1. The van der Waals surface area contributed by atoms with Gasteiger partial charge in [0.25, 0.3) is 0 Å². The highest BCUT2D eigenvalue weighted by Crippen LogP contribution is 2.32. The van der Waals surface area contributed by atoms with Crippen molar-refractivity contribution in [1.82, 2.24) is 4.90 Å². The van der Waals surface area contributed by atoms with E-state index in [1.165, 1.54) is 0 Å². The fraction of sp³-hybridized carbons (Fsp3) is 0.375. The van der Waals surface area contributed by atoms with Gasteiger partial charge in [-0.15, -0.1) is 0 Å². The molecule has 1 fully saturated rings. The summed E-state index contributed by atoms with van der Waals surface area (Å²) >= 11 is 0. The Morgan fingerprint density at radius 3 is 2.38 bits per heavy atom. The molecule has 1 saturated heterocycles. The zero-order chi connectivity index (χ0) is 20.6. The molecule has 2 aromatic carbocycles. The second-order valence-electron chi connectivity index (χ2n) is 7.12. The van der Waals surface area contributed by atoms with E-state index in [4.69, 9.17) is 14.2 Å². The number of methoxy groups -OCH3 is 3. The predicted octanol–water partition coefficient (Wildman–Crippen LogP) is 4.87. The lowest BCUT2D eigenvalue weighted by Crippen LogP contribution is -2.33. The van der Waals surface area contributed by atoms with Crippen molar-refractivity contribution in [2.24, 2.45) is 0 Å². The van der Waals surface area contributed by atoms with Gasteiger partial charge in [-0.1, -0.05) is 31.0 Å². The van der Waals surface area contributed by atoms with Crippen LogP contribution in [0.4, 0.5) is 0 Å². The van der Waals surface area contributed by atoms with Crippen LogP contribution >= 0.6 is 0 Å². The normalized spacial score (nSPS) is 17.1. The number of rotatable bonds is 6. The van der Waals surface area contributed by atoms with Crippen LogP contribution in [-0.2, 0) is 4.79 Å². The maximum absolute atomic E-state index is 13.1. The van der Waals surface area contributed by atoms with Crippen LogP contribution in [0.5, 0.6) is 17.2 Å². The highest BCUT2D eigenvalue weighted by atomic mass is 16.5. The number of hydrogen-bond donors (Lipinski definition) is 0. The van der Waals surface area contributed by atoms with E-state index in [0.717, 1.165) is 49.1 Å². The lowest BCUT2D eigenvalue weighted by molar-refractivity contribution is -0.128. The van der Waals surface area contributed by atoms with Crippen LogP contribution in [0.1, 0.15) is 42.9 Å². The van der Waals surface area contributed by atoms with Crippen LogP contribution in [0, 0.1) is 0 Å². The van der Waals surface area contributed by atoms with E-state index in [0.29, 0.717) is 11.5 Å². The molecule has 0 radical (unpaired) electrons. The number of hydrogen-bond acceptors (Lipinski definition) is 4. The molecular formula is C24H29NO4. The van der Waals surface area contributed by atoms with Crippen LogP contribution in [-0.4, -0.2) is 38.7 Å². The van der Waals surface area contributed by atoms with E-state index < -0.39 is 0 Å². The summed E-state index contributed by atoms with van der Waals surface area (Å²) in [6, 6.07) is 13.8. The summed E-state index contributed by atoms with van der Waals surface area (Å²) in [5.74, 6) is 2.17. The van der Waals surface area contributed by atoms with Crippen molar-refractivity contribution < 1.29 is 19.0 Å². The van der Waals surface area contributed by atoms with E-state index in [1.54, 1.807) is 27.4 Å². The van der Waals surface area contributed by atoms with Gasteiger partial charge in [-0.05, 0) is 54.3 Å². The number of likely N-dealkylation sites (tertiary alicyclic amines) is 1. The maximum atomic E-state index is 13.1. The topological polar surface area (TPSA) is 48.0 Å². The van der Waals surface area contributed by atoms with Crippen molar-refractivity contribution >= 4 is 12.0 Å². The number of amides is 1. The largest absolute Gasteiger partial charge is 0.497 e. The molecule has 29 heavy (non-hydrogen) atoms. The zero-order valence-corrected chi connectivity index (χ0v) is 17.4. The molecular weight excluding hydrogens is 366 g/mol. The minimum absolute atomic E-state index is 0.0301. The van der Waals surface area contributed by atoms with E-state index in [2.05, 4.69) is 12.1 Å². The first kappa shape index (κ1) is 20.8. The van der Waals surface area contributed by atoms with Gasteiger partial charge in [-0.25, -0.2) is 0 Å². The molecule has 5 nitrogen and oxygen atoms in total. The molecule has 1 atom stereocenters. The average molecular weight is 395 g/mol. The zero-order valence-electron chi connectivity index (χ0n) is 17.4. The molecule has 0 aliphatic carbocycles. The molecule has 0 N–H and O–H groups in total. The molecule has 154 valence electrons. The Morgan fingerprint density at radius 1 is 0.931 bits per heavy atom. The summed E-state index contributed by atoms with van der Waals surface area (Å²) in [5.41, 5.74) is 2.05. The quantitative estimate of drug-likeness (QED) is 0.655. The van der Waals surface area contributed by atoms with Gasteiger partial charge in [0.1, 0.15) is 5.75 Å². The molecule has 0 bridgehead atoms. The molecule has 5 heteroatoms. The Morgan fingerprint density at radius 2 is 1.69 bits per heavy atom. The molecule has 1 aliphatic heterocycles. The van der Waals surface area contributed by atoms with E-state index in [9.17, 15) is 4.79 Å². The van der Waals surface area contributed by atoms with Crippen molar-refractivity contribution in [3.05, 3.63) is 59.7 Å². The first-order valence-corrected chi connectivity index (χ1v) is 10.0. The van der Waals surface area contributed by atoms with Crippen molar-refractivity contribution in [1.29, 1.82) is 0 Å². The second-order valence-corrected chi connectivity index (χ2v) is 7.12. The summed E-state index contributed by atoms with van der Waals surface area (Å²) in [7, 11) is 4.87. The second kappa shape index (κ2) is 10.0. The summed E-state index contributed by atoms with van der Waals surface area (Å²) in [6.07, 6.45) is 7.77. The van der Waals surface area contributed by atoms with Gasteiger partial charge in [-0.3, -0.25) is 4.79 Å². The van der Waals surface area contributed by atoms with Gasteiger partial charge < -0.3 is 19.1 Å². The Balaban J connectivity index is 1.79. The van der Waals surface area contributed by atoms with Gasteiger partial charge >= 0.3 is 0 Å². The molecule has 1 amide bonds. The highest BCUT2D eigenvalue weighted by Gasteiger charge is 2.25. The summed E-state index contributed by atoms with van der Waals surface area (Å²) in [6.45, 7) is 0.770. The van der Waals surface area contributed by atoms with Crippen molar-refractivity contribution in [3.63, 3.8) is 0 Å². The van der Waals surface area contributed by atoms with Gasteiger partial charge in [0.2, 0.25) is 5.91 Å². The van der Waals surface area contributed by atoms with Gasteiger partial charge in [-0.2, -0.15) is 0 Å². The Bertz CT molecular complexity index is 844. The van der Waals surface area contributed by atoms with Crippen LogP contribution in [0.2, 0.25) is 0 Å². The number of ether oxygens (including phenoxy) is 3. The lowest BCUT2D eigenvalue weighted by atomic mass is 10.0. The van der Waals surface area contributed by atoms with E-state index >= 15 is 0 Å². The Labute approximate surface area is 172 Å². The highest BCUT2D eigenvalue weighted by molar-refractivity contribution is 5.92. The number of carbonyl (C=O) groups is 1. The minimum Gasteiger partial charge on any atom is -0.497 e. The molecule has 0 unspecified atom stereocenters. The SMILES string of the molecule is COc1ccc([C@@H]2CCCCCN2C(=O)/C=C/c2ccc(OC)c(OC)c2)cc1. The van der Waals surface area contributed by atoms with Crippen molar-refractivity contribution in [3.8, 4) is 17.2 Å². The Hall–Kier alpha value is -2.95. The Kier molecular flexibility index (Phi) is 7.17. The molecule has 0 saturated carbocycles. The number of nitrogens with zero attached hydrogens (tertiary/aromatic N) is 1. The molecule has 0 spiro atoms. The standard InChI is InChI=1S/C24H29NO4/c1-27-20-12-10-19(11-13-20)21-7-5-4-6-16-25(21)24(26)15-9-18-8-14-22(28-2)23(17-18)29-3/h8-15,17,21H,4-7,16H2,1-3H3/b15-9+/t21-/m0/s1. The van der Waals surface area contributed by atoms with Gasteiger partial charge in [0, 0.05) is 12.6 Å². The van der Waals surface area contributed by atoms with Crippen molar-refractivity contribution in [2.45, 2.75) is 31.7 Å². The average Bonchev–Trinajstić information content (AvgIpc) is 3.03. The first-order valence-electron chi connectivity index (χ1n) is 10.0. The maximum Gasteiger partial charge on any atom is 0.247 e. The monoisotopic (exact) mass is 395 g/mol. The first-order chi connectivity index (χ1) is 14.2. The van der Waals surface area contributed by atoms with E-state index in [1.807, 2.05) is 41.3 Å². The smallest absolute Gasteiger partial charge is 0.247 e. The minimum atomic E-state index is 0.0301. The summed E-state index contributed by atoms with van der Waals surface area (Å²) in [4.78, 5) is 15.1. The van der Waals surface area contributed by atoms with Gasteiger partial charge in [0.15, 0.2) is 11.5 Å². The molecule has 0 aromatic heterocycles. The summed E-state index contributed by atoms with van der Waals surface area (Å²) in [5, 5.41) is 0. The molecule has 1 heterocycles. The van der Waals surface area contributed by atoms with E-state index in [-0.39, 0.29) is 11.9 Å². The van der Waals surface area contributed by atoms with Crippen molar-refractivity contribution in [2.75, 3.05) is 27.9 Å². The third-order valence-corrected chi connectivity index (χ3v) is 5.36. The fourth-order valence-corrected chi connectivity index (χ4v) is 3.76. The van der Waals surface area contributed by atoms with Crippen LogP contribution in [0.25, 0.3) is 6.08 Å². The molecule has 1 aliphatic rings. The lowest BCUT2D eigenvalue weighted by Gasteiger charge is -2.29. The van der Waals surface area contributed by atoms with Crippen LogP contribution < -0.4 is 14.2 Å². The third kappa shape index (κ3) is 5.11.